The van der Waals surface area contributed by atoms with E-state index in [9.17, 15) is 4.79 Å². The van der Waals surface area contributed by atoms with Crippen molar-refractivity contribution < 1.29 is 4.79 Å². The molecule has 2 aliphatic rings. The van der Waals surface area contributed by atoms with Gasteiger partial charge in [-0.1, -0.05) is 37.3 Å². The van der Waals surface area contributed by atoms with Crippen LogP contribution < -0.4 is 5.73 Å². The first-order chi connectivity index (χ1) is 11.1. The Bertz CT molecular complexity index is 533. The molecule has 0 spiro atoms. The SMILES string of the molecule is CC1(CN)CCN(C(C(=O)N2CCCCC2)c2ccccc2)C1.Cl. The summed E-state index contributed by atoms with van der Waals surface area (Å²) in [6.45, 7) is 6.59. The second-order valence-corrected chi connectivity index (χ2v) is 7.43. The van der Waals surface area contributed by atoms with Crippen LogP contribution in [0.1, 0.15) is 44.2 Å². The number of hydrogen-bond donors (Lipinski definition) is 1. The number of carbonyl (C=O) groups is 1. The third-order valence-corrected chi connectivity index (χ3v) is 5.46. The van der Waals surface area contributed by atoms with E-state index in [-0.39, 0.29) is 29.8 Å². The van der Waals surface area contributed by atoms with Gasteiger partial charge in [0.05, 0.1) is 0 Å². The molecule has 24 heavy (non-hydrogen) atoms. The van der Waals surface area contributed by atoms with Crippen LogP contribution in [0.25, 0.3) is 0 Å². The van der Waals surface area contributed by atoms with E-state index in [4.69, 9.17) is 5.73 Å². The number of halogens is 1. The highest BCUT2D eigenvalue weighted by Crippen LogP contribution is 2.35. The Hall–Kier alpha value is -1.10. The third kappa shape index (κ3) is 4.11. The van der Waals surface area contributed by atoms with E-state index in [1.807, 2.05) is 18.2 Å². The molecule has 0 radical (unpaired) electrons. The Labute approximate surface area is 151 Å². The number of nitrogens with two attached hydrogens (primary N) is 1. The van der Waals surface area contributed by atoms with Gasteiger partial charge in [-0.15, -0.1) is 12.4 Å². The van der Waals surface area contributed by atoms with Gasteiger partial charge in [-0.2, -0.15) is 0 Å². The molecule has 1 aromatic carbocycles. The maximum absolute atomic E-state index is 13.2. The molecule has 2 aliphatic heterocycles. The van der Waals surface area contributed by atoms with Gasteiger partial charge in [0, 0.05) is 19.6 Å². The molecule has 0 aromatic heterocycles. The Kier molecular flexibility index (Phi) is 6.67. The Morgan fingerprint density at radius 2 is 1.83 bits per heavy atom. The molecule has 1 aromatic rings. The van der Waals surface area contributed by atoms with Gasteiger partial charge < -0.3 is 10.6 Å². The topological polar surface area (TPSA) is 49.6 Å². The zero-order valence-corrected chi connectivity index (χ0v) is 15.4. The van der Waals surface area contributed by atoms with Crippen LogP contribution >= 0.6 is 12.4 Å². The molecule has 5 heteroatoms. The molecule has 2 unspecified atom stereocenters. The first kappa shape index (κ1) is 19.2. The van der Waals surface area contributed by atoms with Gasteiger partial charge in [-0.3, -0.25) is 9.69 Å². The summed E-state index contributed by atoms with van der Waals surface area (Å²) >= 11 is 0. The highest BCUT2D eigenvalue weighted by atomic mass is 35.5. The average Bonchev–Trinajstić information content (AvgIpc) is 2.99. The van der Waals surface area contributed by atoms with E-state index in [1.165, 1.54) is 6.42 Å². The smallest absolute Gasteiger partial charge is 0.244 e. The first-order valence-electron chi connectivity index (χ1n) is 8.91. The van der Waals surface area contributed by atoms with E-state index >= 15 is 0 Å². The zero-order valence-electron chi connectivity index (χ0n) is 14.6. The first-order valence-corrected chi connectivity index (χ1v) is 8.91. The van der Waals surface area contributed by atoms with Gasteiger partial charge in [0.15, 0.2) is 0 Å². The average molecular weight is 352 g/mol. The largest absolute Gasteiger partial charge is 0.341 e. The number of rotatable bonds is 4. The summed E-state index contributed by atoms with van der Waals surface area (Å²) in [5.41, 5.74) is 7.22. The van der Waals surface area contributed by atoms with Crippen LogP contribution in [0, 0.1) is 5.41 Å². The Morgan fingerprint density at radius 1 is 1.17 bits per heavy atom. The van der Waals surface area contributed by atoms with Crippen molar-refractivity contribution >= 4 is 18.3 Å². The molecule has 0 aliphatic carbocycles. The van der Waals surface area contributed by atoms with Gasteiger partial charge in [-0.25, -0.2) is 0 Å². The van der Waals surface area contributed by atoms with Crippen LogP contribution in [0.3, 0.4) is 0 Å². The molecule has 2 saturated heterocycles. The molecule has 0 saturated carbocycles. The molecule has 2 atom stereocenters. The van der Waals surface area contributed by atoms with Crippen LogP contribution in [0.5, 0.6) is 0 Å². The lowest BCUT2D eigenvalue weighted by molar-refractivity contribution is -0.138. The predicted molar refractivity (Wildman–Crippen MR) is 100 cm³/mol. The van der Waals surface area contributed by atoms with Crippen LogP contribution in [0.2, 0.25) is 0 Å². The van der Waals surface area contributed by atoms with Gasteiger partial charge in [0.1, 0.15) is 6.04 Å². The number of hydrogen-bond acceptors (Lipinski definition) is 3. The summed E-state index contributed by atoms with van der Waals surface area (Å²) in [5, 5.41) is 0. The summed E-state index contributed by atoms with van der Waals surface area (Å²) in [6, 6.07) is 10.1. The Morgan fingerprint density at radius 3 is 2.42 bits per heavy atom. The highest BCUT2D eigenvalue weighted by molar-refractivity contribution is 5.85. The standard InChI is InChI=1S/C19H29N3O.ClH/c1-19(14-20)10-13-22(15-19)17(16-8-4-2-5-9-16)18(23)21-11-6-3-7-12-21;/h2,4-5,8-9,17H,3,6-7,10-15,20H2,1H3;1H. The van der Waals surface area contributed by atoms with Crippen molar-refractivity contribution in [2.75, 3.05) is 32.7 Å². The molecule has 134 valence electrons. The third-order valence-electron chi connectivity index (χ3n) is 5.46. The van der Waals surface area contributed by atoms with Gasteiger partial charge in [0.2, 0.25) is 5.91 Å². The van der Waals surface area contributed by atoms with Crippen molar-refractivity contribution in [1.82, 2.24) is 9.80 Å². The van der Waals surface area contributed by atoms with E-state index in [0.29, 0.717) is 6.54 Å². The normalized spacial score (nSPS) is 26.0. The second kappa shape index (κ2) is 8.32. The summed E-state index contributed by atoms with van der Waals surface area (Å²) < 4.78 is 0. The van der Waals surface area contributed by atoms with Crippen molar-refractivity contribution in [3.63, 3.8) is 0 Å². The monoisotopic (exact) mass is 351 g/mol. The van der Waals surface area contributed by atoms with Gasteiger partial charge in [-0.05, 0) is 49.8 Å². The quantitative estimate of drug-likeness (QED) is 0.907. The molecule has 2 N–H and O–H groups in total. The minimum absolute atomic E-state index is 0. The molecule has 2 heterocycles. The maximum atomic E-state index is 13.2. The van der Waals surface area contributed by atoms with Gasteiger partial charge in [0.25, 0.3) is 0 Å². The maximum Gasteiger partial charge on any atom is 0.244 e. The number of likely N-dealkylation sites (tertiary alicyclic amines) is 2. The fourth-order valence-electron chi connectivity index (χ4n) is 3.88. The molecule has 2 fully saturated rings. The minimum atomic E-state index is -0.150. The number of amides is 1. The Balaban J connectivity index is 0.00000208. The lowest BCUT2D eigenvalue weighted by Gasteiger charge is -2.35. The highest BCUT2D eigenvalue weighted by Gasteiger charge is 2.40. The number of piperidine rings is 1. The van der Waals surface area contributed by atoms with E-state index in [2.05, 4.69) is 28.9 Å². The lowest BCUT2D eigenvalue weighted by atomic mass is 9.90. The van der Waals surface area contributed by atoms with Crippen LogP contribution in [0.4, 0.5) is 0 Å². The zero-order chi connectivity index (χ0) is 16.3. The van der Waals surface area contributed by atoms with Crippen molar-refractivity contribution in [1.29, 1.82) is 0 Å². The predicted octanol–water partition coefficient (Wildman–Crippen LogP) is 2.83. The molecule has 0 bridgehead atoms. The lowest BCUT2D eigenvalue weighted by Crippen LogP contribution is -2.45. The van der Waals surface area contributed by atoms with Crippen molar-refractivity contribution in [2.45, 2.75) is 38.6 Å². The van der Waals surface area contributed by atoms with E-state index in [0.717, 1.165) is 51.0 Å². The fourth-order valence-corrected chi connectivity index (χ4v) is 3.88. The van der Waals surface area contributed by atoms with Crippen LogP contribution in [-0.4, -0.2) is 48.4 Å². The molecule has 3 rings (SSSR count). The summed E-state index contributed by atoms with van der Waals surface area (Å²) in [5.74, 6) is 0.275. The van der Waals surface area contributed by atoms with Gasteiger partial charge >= 0.3 is 0 Å². The van der Waals surface area contributed by atoms with Crippen LogP contribution in [-0.2, 0) is 4.79 Å². The summed E-state index contributed by atoms with van der Waals surface area (Å²) in [6.07, 6.45) is 4.58. The summed E-state index contributed by atoms with van der Waals surface area (Å²) in [7, 11) is 0. The van der Waals surface area contributed by atoms with Crippen molar-refractivity contribution in [3.8, 4) is 0 Å². The number of benzene rings is 1. The molecule has 1 amide bonds. The number of nitrogens with zero attached hydrogens (tertiary/aromatic N) is 2. The summed E-state index contributed by atoms with van der Waals surface area (Å²) in [4.78, 5) is 17.7. The molecular weight excluding hydrogens is 322 g/mol. The van der Waals surface area contributed by atoms with Crippen LogP contribution in [0.15, 0.2) is 30.3 Å². The molecule has 4 nitrogen and oxygen atoms in total. The van der Waals surface area contributed by atoms with Crippen molar-refractivity contribution in [3.05, 3.63) is 35.9 Å². The minimum Gasteiger partial charge on any atom is -0.341 e. The van der Waals surface area contributed by atoms with E-state index < -0.39 is 0 Å². The van der Waals surface area contributed by atoms with Crippen molar-refractivity contribution in [2.24, 2.45) is 11.1 Å². The fraction of sp³-hybridized carbons (Fsp3) is 0.632. The second-order valence-electron chi connectivity index (χ2n) is 7.43. The van der Waals surface area contributed by atoms with E-state index in [1.54, 1.807) is 0 Å². The molecular formula is C19H30ClN3O. The number of carbonyl (C=O) groups excluding carboxylic acids is 1.